The molecule has 2 aromatic rings. The Morgan fingerprint density at radius 2 is 1.76 bits per heavy atom. The van der Waals surface area contributed by atoms with Crippen LogP contribution in [0.3, 0.4) is 0 Å². The average Bonchev–Trinajstić information content (AvgIpc) is 3.08. The van der Waals surface area contributed by atoms with Gasteiger partial charge >= 0.3 is 0 Å². The van der Waals surface area contributed by atoms with Crippen molar-refractivity contribution in [1.82, 2.24) is 0 Å². The molecule has 0 saturated heterocycles. The molecule has 0 fully saturated rings. The molecule has 0 aliphatic carbocycles. The Morgan fingerprint density at radius 1 is 1.04 bits per heavy atom. The summed E-state index contributed by atoms with van der Waals surface area (Å²) >= 11 is 0. The Labute approximate surface area is 146 Å². The lowest BCUT2D eigenvalue weighted by Crippen LogP contribution is -2.12. The molecule has 2 aromatic carbocycles. The summed E-state index contributed by atoms with van der Waals surface area (Å²) in [7, 11) is 0. The van der Waals surface area contributed by atoms with Gasteiger partial charge in [-0.2, -0.15) is 0 Å². The second kappa shape index (κ2) is 8.28. The minimum atomic E-state index is -0.0610. The molecule has 6 heteroatoms. The summed E-state index contributed by atoms with van der Waals surface area (Å²) in [5.41, 5.74) is 0.696. The first-order valence-electron chi connectivity index (χ1n) is 8.30. The quantitative estimate of drug-likeness (QED) is 0.742. The van der Waals surface area contributed by atoms with E-state index in [0.717, 1.165) is 11.5 Å². The van der Waals surface area contributed by atoms with Gasteiger partial charge in [0.25, 0.3) is 0 Å². The maximum absolute atomic E-state index is 12.0. The first kappa shape index (κ1) is 17.0. The van der Waals surface area contributed by atoms with Crippen LogP contribution >= 0.6 is 0 Å². The third-order valence-electron chi connectivity index (χ3n) is 3.61. The molecule has 1 aliphatic rings. The zero-order chi connectivity index (χ0) is 17.5. The van der Waals surface area contributed by atoms with Crippen LogP contribution < -0.4 is 24.3 Å². The number of ether oxygens (including phenoxy) is 4. The molecule has 0 atom stereocenters. The van der Waals surface area contributed by atoms with E-state index in [-0.39, 0.29) is 12.7 Å². The van der Waals surface area contributed by atoms with Gasteiger partial charge in [0, 0.05) is 18.2 Å². The fraction of sp³-hybridized carbons (Fsp3) is 0.316. The number of amides is 1. The summed E-state index contributed by atoms with van der Waals surface area (Å²) < 4.78 is 21.5. The molecule has 0 saturated carbocycles. The number of carbonyl (C=O) groups is 1. The van der Waals surface area contributed by atoms with Gasteiger partial charge < -0.3 is 24.3 Å². The zero-order valence-electron chi connectivity index (χ0n) is 14.1. The molecule has 0 aromatic heterocycles. The summed E-state index contributed by atoms with van der Waals surface area (Å²) in [5, 5.41) is 2.85. The van der Waals surface area contributed by atoms with Crippen LogP contribution in [0.5, 0.6) is 23.0 Å². The number of benzene rings is 2. The Morgan fingerprint density at radius 3 is 2.52 bits per heavy atom. The van der Waals surface area contributed by atoms with Crippen LogP contribution in [0.15, 0.2) is 42.5 Å². The van der Waals surface area contributed by atoms with Gasteiger partial charge in [-0.05, 0) is 49.7 Å². The molecular formula is C19H21NO5. The van der Waals surface area contributed by atoms with Crippen LogP contribution in [0.25, 0.3) is 0 Å². The molecule has 1 aliphatic heterocycles. The molecule has 0 spiro atoms. The lowest BCUT2D eigenvalue weighted by atomic mass is 10.2. The van der Waals surface area contributed by atoms with E-state index in [1.165, 1.54) is 0 Å². The van der Waals surface area contributed by atoms with Gasteiger partial charge in [-0.3, -0.25) is 4.79 Å². The molecule has 1 N–H and O–H groups in total. The number of nitrogens with one attached hydrogen (secondary N) is 1. The Balaban J connectivity index is 1.38. The first-order chi connectivity index (χ1) is 12.2. The predicted octanol–water partition coefficient (Wildman–Crippen LogP) is 3.61. The monoisotopic (exact) mass is 343 g/mol. The standard InChI is InChI=1S/C19H21NO5/c1-2-22-15-6-8-16(9-7-15)23-11-3-4-19(21)20-14-5-10-17-18(12-14)25-13-24-17/h5-10,12H,2-4,11,13H2,1H3,(H,20,21). The second-order valence-corrected chi connectivity index (χ2v) is 5.47. The third kappa shape index (κ3) is 4.79. The summed E-state index contributed by atoms with van der Waals surface area (Å²) in [6.45, 7) is 3.27. The minimum absolute atomic E-state index is 0.0610. The maximum atomic E-state index is 12.0. The summed E-state index contributed by atoms with van der Waals surface area (Å²) in [6, 6.07) is 12.8. The normalized spacial score (nSPS) is 11.9. The lowest BCUT2D eigenvalue weighted by molar-refractivity contribution is -0.116. The smallest absolute Gasteiger partial charge is 0.231 e. The van der Waals surface area contributed by atoms with Crippen molar-refractivity contribution >= 4 is 11.6 Å². The second-order valence-electron chi connectivity index (χ2n) is 5.47. The van der Waals surface area contributed by atoms with Crippen molar-refractivity contribution in [2.75, 3.05) is 25.3 Å². The van der Waals surface area contributed by atoms with Crippen molar-refractivity contribution < 1.29 is 23.7 Å². The van der Waals surface area contributed by atoms with Gasteiger partial charge in [0.05, 0.1) is 13.2 Å². The molecular weight excluding hydrogens is 322 g/mol. The highest BCUT2D eigenvalue weighted by molar-refractivity contribution is 5.91. The largest absolute Gasteiger partial charge is 0.494 e. The number of anilines is 1. The van der Waals surface area contributed by atoms with Gasteiger partial charge in [0.1, 0.15) is 11.5 Å². The molecule has 0 unspecified atom stereocenters. The Hall–Kier alpha value is -2.89. The zero-order valence-corrected chi connectivity index (χ0v) is 14.1. The number of carbonyl (C=O) groups excluding carboxylic acids is 1. The molecule has 1 heterocycles. The van der Waals surface area contributed by atoms with Crippen molar-refractivity contribution in [3.8, 4) is 23.0 Å². The van der Waals surface area contributed by atoms with E-state index in [1.54, 1.807) is 18.2 Å². The highest BCUT2D eigenvalue weighted by Gasteiger charge is 2.14. The van der Waals surface area contributed by atoms with Crippen molar-refractivity contribution in [1.29, 1.82) is 0 Å². The van der Waals surface area contributed by atoms with Crippen molar-refractivity contribution in [3.05, 3.63) is 42.5 Å². The maximum Gasteiger partial charge on any atom is 0.231 e. The van der Waals surface area contributed by atoms with Gasteiger partial charge in [-0.1, -0.05) is 0 Å². The van der Waals surface area contributed by atoms with Crippen LogP contribution in [0, 0.1) is 0 Å². The number of hydrogen-bond donors (Lipinski definition) is 1. The van der Waals surface area contributed by atoms with E-state index >= 15 is 0 Å². The van der Waals surface area contributed by atoms with Crippen molar-refractivity contribution in [2.24, 2.45) is 0 Å². The van der Waals surface area contributed by atoms with Crippen molar-refractivity contribution in [2.45, 2.75) is 19.8 Å². The van der Waals surface area contributed by atoms with E-state index < -0.39 is 0 Å². The van der Waals surface area contributed by atoms with E-state index in [9.17, 15) is 4.79 Å². The van der Waals surface area contributed by atoms with E-state index in [1.807, 2.05) is 31.2 Å². The van der Waals surface area contributed by atoms with Gasteiger partial charge in [0.2, 0.25) is 12.7 Å². The fourth-order valence-corrected chi connectivity index (χ4v) is 2.42. The molecule has 0 bridgehead atoms. The highest BCUT2D eigenvalue weighted by Crippen LogP contribution is 2.34. The van der Waals surface area contributed by atoms with Gasteiger partial charge in [0.15, 0.2) is 11.5 Å². The topological polar surface area (TPSA) is 66.0 Å². The van der Waals surface area contributed by atoms with E-state index in [2.05, 4.69) is 5.32 Å². The van der Waals surface area contributed by atoms with Crippen molar-refractivity contribution in [3.63, 3.8) is 0 Å². The van der Waals surface area contributed by atoms with Gasteiger partial charge in [-0.15, -0.1) is 0 Å². The first-order valence-corrected chi connectivity index (χ1v) is 8.30. The molecule has 132 valence electrons. The number of rotatable bonds is 8. The van der Waals surface area contributed by atoms with Gasteiger partial charge in [-0.25, -0.2) is 0 Å². The Bertz CT molecular complexity index is 714. The summed E-state index contributed by atoms with van der Waals surface area (Å²) in [6.07, 6.45) is 1.01. The summed E-state index contributed by atoms with van der Waals surface area (Å²) in [5.74, 6) is 2.87. The van der Waals surface area contributed by atoms with E-state index in [4.69, 9.17) is 18.9 Å². The number of fused-ring (bicyclic) bond motifs is 1. The highest BCUT2D eigenvalue weighted by atomic mass is 16.7. The fourth-order valence-electron chi connectivity index (χ4n) is 2.42. The Kier molecular flexibility index (Phi) is 5.61. The molecule has 1 amide bonds. The SMILES string of the molecule is CCOc1ccc(OCCCC(=O)Nc2ccc3c(c2)OCO3)cc1. The third-order valence-corrected chi connectivity index (χ3v) is 3.61. The predicted molar refractivity (Wildman–Crippen MR) is 93.5 cm³/mol. The minimum Gasteiger partial charge on any atom is -0.494 e. The van der Waals surface area contributed by atoms with Crippen LogP contribution in [-0.4, -0.2) is 25.9 Å². The number of hydrogen-bond acceptors (Lipinski definition) is 5. The molecule has 6 nitrogen and oxygen atoms in total. The molecule has 3 rings (SSSR count). The van der Waals surface area contributed by atoms with Crippen LogP contribution in [0.4, 0.5) is 5.69 Å². The van der Waals surface area contributed by atoms with Crippen LogP contribution in [0.1, 0.15) is 19.8 Å². The van der Waals surface area contributed by atoms with E-state index in [0.29, 0.717) is 43.2 Å². The summed E-state index contributed by atoms with van der Waals surface area (Å²) in [4.78, 5) is 12.0. The molecule has 0 radical (unpaired) electrons. The lowest BCUT2D eigenvalue weighted by Gasteiger charge is -2.08. The van der Waals surface area contributed by atoms with Crippen LogP contribution in [0.2, 0.25) is 0 Å². The average molecular weight is 343 g/mol. The molecule has 25 heavy (non-hydrogen) atoms. The van der Waals surface area contributed by atoms with Crippen LogP contribution in [-0.2, 0) is 4.79 Å².